The fourth-order valence-electron chi connectivity index (χ4n) is 6.58. The summed E-state index contributed by atoms with van der Waals surface area (Å²) in [5.41, 5.74) is 1.05. The Labute approximate surface area is 187 Å². The average molecular weight is 438 g/mol. The van der Waals surface area contributed by atoms with E-state index in [-0.39, 0.29) is 30.3 Å². The molecule has 4 aliphatic rings. The standard InChI is InChI=1S/C24H31N5O3/c1-32-19-4-2-18(3-5-19)23-27-20(28-29-23)13-25-22(31)14-26-21(30)12-24-9-15-6-16(10-24)8-17(7-15)11-24/h2-5,15-17H,6-14H2,1H3,(H,25,31)(H,26,30)(H,27,28,29). The van der Waals surface area contributed by atoms with Crippen molar-refractivity contribution < 1.29 is 14.3 Å². The van der Waals surface area contributed by atoms with Crippen LogP contribution in [0.25, 0.3) is 11.4 Å². The van der Waals surface area contributed by atoms with Gasteiger partial charge in [0.1, 0.15) is 11.6 Å². The van der Waals surface area contributed by atoms with Gasteiger partial charge in [0.05, 0.1) is 20.2 Å². The van der Waals surface area contributed by atoms with E-state index in [1.165, 1.54) is 38.5 Å². The van der Waals surface area contributed by atoms with E-state index in [1.54, 1.807) is 7.11 Å². The fraction of sp³-hybridized carbons (Fsp3) is 0.583. The molecule has 2 amide bonds. The maximum atomic E-state index is 12.6. The molecule has 8 nitrogen and oxygen atoms in total. The van der Waals surface area contributed by atoms with E-state index < -0.39 is 0 Å². The molecular formula is C24H31N5O3. The zero-order valence-corrected chi connectivity index (χ0v) is 18.5. The molecule has 0 atom stereocenters. The zero-order valence-electron chi connectivity index (χ0n) is 18.5. The van der Waals surface area contributed by atoms with E-state index >= 15 is 0 Å². The van der Waals surface area contributed by atoms with Gasteiger partial charge in [-0.2, -0.15) is 5.10 Å². The second-order valence-corrected chi connectivity index (χ2v) is 9.98. The molecule has 0 saturated heterocycles. The van der Waals surface area contributed by atoms with Gasteiger partial charge in [0.2, 0.25) is 11.8 Å². The molecule has 32 heavy (non-hydrogen) atoms. The lowest BCUT2D eigenvalue weighted by Crippen LogP contribution is -2.48. The van der Waals surface area contributed by atoms with Crippen LogP contribution in [0.3, 0.4) is 0 Å². The van der Waals surface area contributed by atoms with E-state index in [1.807, 2.05) is 24.3 Å². The van der Waals surface area contributed by atoms with E-state index in [4.69, 9.17) is 4.74 Å². The number of aromatic nitrogens is 3. The first kappa shape index (κ1) is 21.0. The molecule has 1 aromatic heterocycles. The van der Waals surface area contributed by atoms with Crippen LogP contribution in [0.1, 0.15) is 50.8 Å². The van der Waals surface area contributed by atoms with Gasteiger partial charge in [-0.3, -0.25) is 14.7 Å². The highest BCUT2D eigenvalue weighted by Crippen LogP contribution is 2.61. The molecule has 6 rings (SSSR count). The number of benzene rings is 1. The van der Waals surface area contributed by atoms with Crippen LogP contribution < -0.4 is 15.4 Å². The van der Waals surface area contributed by atoms with Gasteiger partial charge in [0.15, 0.2) is 5.82 Å². The van der Waals surface area contributed by atoms with Crippen molar-refractivity contribution in [2.24, 2.45) is 23.2 Å². The lowest BCUT2D eigenvalue weighted by atomic mass is 9.49. The largest absolute Gasteiger partial charge is 0.497 e. The van der Waals surface area contributed by atoms with Crippen molar-refractivity contribution >= 4 is 11.8 Å². The molecule has 0 unspecified atom stereocenters. The van der Waals surface area contributed by atoms with Crippen molar-refractivity contribution in [1.29, 1.82) is 0 Å². The van der Waals surface area contributed by atoms with Crippen LogP contribution >= 0.6 is 0 Å². The van der Waals surface area contributed by atoms with E-state index in [2.05, 4.69) is 25.8 Å². The molecule has 1 heterocycles. The van der Waals surface area contributed by atoms with E-state index in [0.717, 1.165) is 29.1 Å². The van der Waals surface area contributed by atoms with Gasteiger partial charge in [-0.1, -0.05) is 0 Å². The molecule has 4 bridgehead atoms. The Kier molecular flexibility index (Phi) is 5.61. The lowest BCUT2D eigenvalue weighted by molar-refractivity contribution is -0.131. The van der Waals surface area contributed by atoms with E-state index in [9.17, 15) is 9.59 Å². The number of carbonyl (C=O) groups is 2. The van der Waals surface area contributed by atoms with Crippen molar-refractivity contribution in [3.8, 4) is 17.1 Å². The van der Waals surface area contributed by atoms with Crippen molar-refractivity contribution in [2.45, 2.75) is 51.5 Å². The Morgan fingerprint density at radius 3 is 2.31 bits per heavy atom. The van der Waals surface area contributed by atoms with Crippen LogP contribution in [0.4, 0.5) is 0 Å². The highest BCUT2D eigenvalue weighted by atomic mass is 16.5. The lowest BCUT2D eigenvalue weighted by Gasteiger charge is -2.56. The SMILES string of the molecule is COc1ccc(-c2n[nH]c(CNC(=O)CNC(=O)CC34CC5CC(CC(C5)C3)C4)n2)cc1. The van der Waals surface area contributed by atoms with Crippen LogP contribution in [0.15, 0.2) is 24.3 Å². The summed E-state index contributed by atoms with van der Waals surface area (Å²) in [6.07, 6.45) is 8.25. The number of nitrogens with one attached hydrogen (secondary N) is 3. The third-order valence-electron chi connectivity index (χ3n) is 7.48. The molecule has 0 radical (unpaired) electrons. The summed E-state index contributed by atoms with van der Waals surface area (Å²) in [6, 6.07) is 7.45. The van der Waals surface area contributed by atoms with Crippen LogP contribution in [0.5, 0.6) is 5.75 Å². The first-order valence-electron chi connectivity index (χ1n) is 11.6. The minimum atomic E-state index is -0.230. The summed E-state index contributed by atoms with van der Waals surface area (Å²) in [5.74, 6) is 4.12. The number of rotatable bonds is 8. The van der Waals surface area contributed by atoms with Crippen molar-refractivity contribution in [3.63, 3.8) is 0 Å². The smallest absolute Gasteiger partial charge is 0.239 e. The first-order valence-corrected chi connectivity index (χ1v) is 11.6. The Bertz CT molecular complexity index is 948. The monoisotopic (exact) mass is 437 g/mol. The number of nitrogens with zero attached hydrogens (tertiary/aromatic N) is 2. The van der Waals surface area contributed by atoms with Crippen LogP contribution in [-0.2, 0) is 16.1 Å². The molecule has 0 aliphatic heterocycles. The summed E-state index contributed by atoms with van der Waals surface area (Å²) >= 11 is 0. The first-order chi connectivity index (χ1) is 15.5. The van der Waals surface area contributed by atoms with Crippen LogP contribution in [-0.4, -0.2) is 40.7 Å². The van der Waals surface area contributed by atoms with Crippen LogP contribution in [0.2, 0.25) is 0 Å². The molecule has 0 spiro atoms. The minimum absolute atomic E-state index is 0.00329. The molecule has 4 fully saturated rings. The molecule has 3 N–H and O–H groups in total. The summed E-state index contributed by atoms with van der Waals surface area (Å²) < 4.78 is 5.16. The Morgan fingerprint density at radius 1 is 1.03 bits per heavy atom. The summed E-state index contributed by atoms with van der Waals surface area (Å²) in [5, 5.41) is 12.7. The van der Waals surface area contributed by atoms with Crippen molar-refractivity contribution in [2.75, 3.05) is 13.7 Å². The van der Waals surface area contributed by atoms with Gasteiger partial charge >= 0.3 is 0 Å². The summed E-state index contributed by atoms with van der Waals surface area (Å²) in [6.45, 7) is 0.220. The van der Waals surface area contributed by atoms with Gasteiger partial charge in [-0.25, -0.2) is 4.98 Å². The summed E-state index contributed by atoms with van der Waals surface area (Å²) in [7, 11) is 1.62. The predicted octanol–water partition coefficient (Wildman–Crippen LogP) is 2.82. The van der Waals surface area contributed by atoms with Gasteiger partial charge in [-0.05, 0) is 86.0 Å². The highest BCUT2D eigenvalue weighted by molar-refractivity contribution is 5.84. The van der Waals surface area contributed by atoms with E-state index in [0.29, 0.717) is 18.1 Å². The Morgan fingerprint density at radius 2 is 1.69 bits per heavy atom. The maximum absolute atomic E-state index is 12.6. The number of carbonyl (C=O) groups excluding carboxylic acids is 2. The Balaban J connectivity index is 1.07. The molecule has 1 aromatic carbocycles. The summed E-state index contributed by atoms with van der Waals surface area (Å²) in [4.78, 5) is 29.2. The molecular weight excluding hydrogens is 406 g/mol. The number of aromatic amines is 1. The fourth-order valence-corrected chi connectivity index (χ4v) is 6.58. The minimum Gasteiger partial charge on any atom is -0.497 e. The normalized spacial score (nSPS) is 27.8. The topological polar surface area (TPSA) is 109 Å². The number of ether oxygens (including phenoxy) is 1. The van der Waals surface area contributed by atoms with Gasteiger partial charge in [0.25, 0.3) is 0 Å². The second kappa shape index (κ2) is 8.56. The average Bonchev–Trinajstić information content (AvgIpc) is 3.24. The van der Waals surface area contributed by atoms with Gasteiger partial charge < -0.3 is 15.4 Å². The molecule has 8 heteroatoms. The molecule has 4 saturated carbocycles. The number of methoxy groups -OCH3 is 1. The number of hydrogen-bond donors (Lipinski definition) is 3. The number of hydrogen-bond acceptors (Lipinski definition) is 5. The van der Waals surface area contributed by atoms with Crippen molar-refractivity contribution in [3.05, 3.63) is 30.1 Å². The zero-order chi connectivity index (χ0) is 22.1. The third kappa shape index (κ3) is 4.49. The highest BCUT2D eigenvalue weighted by Gasteiger charge is 2.51. The number of H-pyrrole nitrogens is 1. The Hall–Kier alpha value is -2.90. The number of amides is 2. The quantitative estimate of drug-likeness (QED) is 0.588. The molecule has 2 aromatic rings. The second-order valence-electron chi connectivity index (χ2n) is 9.98. The molecule has 170 valence electrons. The third-order valence-corrected chi connectivity index (χ3v) is 7.48. The maximum Gasteiger partial charge on any atom is 0.239 e. The predicted molar refractivity (Wildman–Crippen MR) is 118 cm³/mol. The van der Waals surface area contributed by atoms with Gasteiger partial charge in [0, 0.05) is 12.0 Å². The molecule has 4 aliphatic carbocycles. The van der Waals surface area contributed by atoms with Gasteiger partial charge in [-0.15, -0.1) is 0 Å². The van der Waals surface area contributed by atoms with Crippen molar-refractivity contribution in [1.82, 2.24) is 25.8 Å². The van der Waals surface area contributed by atoms with Crippen LogP contribution in [0, 0.1) is 23.2 Å².